The van der Waals surface area contributed by atoms with Crippen molar-refractivity contribution in [2.45, 2.75) is 38.3 Å². The molecule has 3 heteroatoms. The molecule has 0 aromatic heterocycles. The number of hydrogen-bond donors (Lipinski definition) is 2. The lowest BCUT2D eigenvalue weighted by Gasteiger charge is -2.22. The molecule has 0 radical (unpaired) electrons. The van der Waals surface area contributed by atoms with Crippen LogP contribution in [0.4, 0.5) is 0 Å². The Morgan fingerprint density at radius 3 is 2.24 bits per heavy atom. The summed E-state index contributed by atoms with van der Waals surface area (Å²) in [5.41, 5.74) is 8.49. The number of ether oxygens (including phenoxy) is 1. The second-order valence-electron chi connectivity index (χ2n) is 6.71. The summed E-state index contributed by atoms with van der Waals surface area (Å²) in [6.07, 6.45) is 5.79. The van der Waals surface area contributed by atoms with Gasteiger partial charge in [0.1, 0.15) is 0 Å². The van der Waals surface area contributed by atoms with Crippen molar-refractivity contribution >= 4 is 0 Å². The van der Waals surface area contributed by atoms with E-state index in [-0.39, 0.29) is 6.04 Å². The molecule has 0 aliphatic heterocycles. The van der Waals surface area contributed by atoms with Gasteiger partial charge in [-0.25, -0.2) is 0 Å². The third kappa shape index (κ3) is 4.06. The maximum atomic E-state index is 5.98. The van der Waals surface area contributed by atoms with E-state index in [9.17, 15) is 0 Å². The number of rotatable bonds is 9. The van der Waals surface area contributed by atoms with Gasteiger partial charge in [-0.1, -0.05) is 24.3 Å². The highest BCUT2D eigenvalue weighted by molar-refractivity contribution is 5.25. The van der Waals surface area contributed by atoms with Gasteiger partial charge in [-0.3, -0.25) is 0 Å². The lowest BCUT2D eigenvalue weighted by Crippen LogP contribution is -2.33. The van der Waals surface area contributed by atoms with Gasteiger partial charge in [0.15, 0.2) is 0 Å². The molecule has 2 aliphatic rings. The minimum absolute atomic E-state index is 0.279. The Kier molecular flexibility index (Phi) is 4.94. The van der Waals surface area contributed by atoms with Crippen LogP contribution in [0.5, 0.6) is 0 Å². The summed E-state index contributed by atoms with van der Waals surface area (Å²) in [5, 5.41) is 3.72. The molecule has 0 saturated heterocycles. The molecule has 1 atom stereocenters. The lowest BCUT2D eigenvalue weighted by molar-refractivity contribution is 0.185. The van der Waals surface area contributed by atoms with Crippen molar-refractivity contribution in [3.05, 3.63) is 35.4 Å². The van der Waals surface area contributed by atoms with Gasteiger partial charge in [0, 0.05) is 19.7 Å². The molecule has 1 unspecified atom stereocenters. The van der Waals surface area contributed by atoms with Crippen LogP contribution in [0.15, 0.2) is 24.3 Å². The summed E-state index contributed by atoms with van der Waals surface area (Å²) in [5.74, 6) is 2.88. The van der Waals surface area contributed by atoms with Crippen molar-refractivity contribution < 1.29 is 4.74 Å². The Hall–Kier alpha value is -0.900. The van der Waals surface area contributed by atoms with E-state index in [0.29, 0.717) is 13.2 Å². The Morgan fingerprint density at radius 2 is 1.76 bits per heavy atom. The van der Waals surface area contributed by atoms with Crippen molar-refractivity contribution in [1.29, 1.82) is 0 Å². The largest absolute Gasteiger partial charge is 0.380 e. The molecule has 2 aliphatic carbocycles. The quantitative estimate of drug-likeness (QED) is 0.734. The molecule has 1 aromatic carbocycles. The van der Waals surface area contributed by atoms with E-state index in [2.05, 4.69) is 29.6 Å². The van der Waals surface area contributed by atoms with Crippen LogP contribution in [0.1, 0.15) is 42.9 Å². The number of nitrogens with one attached hydrogen (secondary N) is 1. The highest BCUT2D eigenvalue weighted by atomic mass is 16.5. The van der Waals surface area contributed by atoms with Crippen molar-refractivity contribution in [2.24, 2.45) is 23.5 Å². The summed E-state index contributed by atoms with van der Waals surface area (Å²) in [6.45, 7) is 2.47. The van der Waals surface area contributed by atoms with Crippen LogP contribution in [0.25, 0.3) is 0 Å². The monoisotopic (exact) mass is 288 g/mol. The first-order valence-corrected chi connectivity index (χ1v) is 8.33. The van der Waals surface area contributed by atoms with E-state index in [1.807, 2.05) is 0 Å². The van der Waals surface area contributed by atoms with Crippen molar-refractivity contribution in [3.8, 4) is 0 Å². The third-order valence-corrected chi connectivity index (χ3v) is 4.98. The van der Waals surface area contributed by atoms with Crippen LogP contribution in [-0.2, 0) is 11.3 Å². The van der Waals surface area contributed by atoms with E-state index >= 15 is 0 Å². The van der Waals surface area contributed by atoms with Crippen molar-refractivity contribution in [3.63, 3.8) is 0 Å². The molecular weight excluding hydrogens is 260 g/mol. The van der Waals surface area contributed by atoms with Crippen LogP contribution in [0, 0.1) is 17.8 Å². The summed E-state index contributed by atoms with van der Waals surface area (Å²) in [4.78, 5) is 0. The van der Waals surface area contributed by atoms with E-state index in [1.165, 1.54) is 36.8 Å². The number of benzene rings is 1. The maximum Gasteiger partial charge on any atom is 0.0713 e. The summed E-state index contributed by atoms with van der Waals surface area (Å²) in [6, 6.07) is 8.93. The van der Waals surface area contributed by atoms with E-state index in [4.69, 9.17) is 10.5 Å². The standard InChI is InChI=1S/C18H28N2O/c1-21-12-13-2-4-16(5-3-13)18(10-19)20-11-17(14-6-7-14)15-8-9-15/h2-5,14-15,17-18,20H,6-12,19H2,1H3. The fourth-order valence-electron chi connectivity index (χ4n) is 3.40. The topological polar surface area (TPSA) is 47.3 Å². The van der Waals surface area contributed by atoms with Gasteiger partial charge < -0.3 is 15.8 Å². The van der Waals surface area contributed by atoms with Gasteiger partial charge in [-0.2, -0.15) is 0 Å². The van der Waals surface area contributed by atoms with Crippen LogP contribution in [-0.4, -0.2) is 20.2 Å². The highest BCUT2D eigenvalue weighted by Gasteiger charge is 2.41. The summed E-state index contributed by atoms with van der Waals surface area (Å²) in [7, 11) is 1.73. The zero-order valence-electron chi connectivity index (χ0n) is 13.1. The average molecular weight is 288 g/mol. The fraction of sp³-hybridized carbons (Fsp3) is 0.667. The van der Waals surface area contributed by atoms with Gasteiger partial charge in [-0.05, 0) is 61.1 Å². The smallest absolute Gasteiger partial charge is 0.0713 e. The van der Waals surface area contributed by atoms with Crippen LogP contribution in [0.3, 0.4) is 0 Å². The molecule has 0 amide bonds. The molecule has 0 bridgehead atoms. The van der Waals surface area contributed by atoms with Crippen molar-refractivity contribution in [1.82, 2.24) is 5.32 Å². The Labute approximate surface area is 128 Å². The first-order chi connectivity index (χ1) is 10.3. The Balaban J connectivity index is 1.56. The van der Waals surface area contributed by atoms with Crippen molar-refractivity contribution in [2.75, 3.05) is 20.2 Å². The molecule has 0 heterocycles. The third-order valence-electron chi connectivity index (χ3n) is 4.98. The number of hydrogen-bond acceptors (Lipinski definition) is 3. The predicted molar refractivity (Wildman–Crippen MR) is 85.9 cm³/mol. The second kappa shape index (κ2) is 6.91. The lowest BCUT2D eigenvalue weighted by atomic mass is 9.96. The molecule has 1 aromatic rings. The first kappa shape index (κ1) is 15.0. The van der Waals surface area contributed by atoms with Crippen LogP contribution in [0.2, 0.25) is 0 Å². The van der Waals surface area contributed by atoms with Crippen LogP contribution >= 0.6 is 0 Å². The van der Waals surface area contributed by atoms with Gasteiger partial charge in [0.05, 0.1) is 6.61 Å². The molecule has 2 fully saturated rings. The zero-order chi connectivity index (χ0) is 14.7. The minimum atomic E-state index is 0.279. The van der Waals surface area contributed by atoms with Gasteiger partial charge in [0.2, 0.25) is 0 Å². The molecule has 21 heavy (non-hydrogen) atoms. The SMILES string of the molecule is COCc1ccc(C(CN)NCC(C2CC2)C2CC2)cc1. The molecule has 2 saturated carbocycles. The van der Waals surface area contributed by atoms with E-state index in [1.54, 1.807) is 7.11 Å². The Bertz CT molecular complexity index is 425. The fourth-order valence-corrected chi connectivity index (χ4v) is 3.40. The predicted octanol–water partition coefficient (Wildman–Crippen LogP) is 2.86. The highest BCUT2D eigenvalue weighted by Crippen LogP contribution is 2.48. The normalized spacial score (nSPS) is 20.0. The first-order valence-electron chi connectivity index (χ1n) is 8.33. The summed E-state index contributed by atoms with van der Waals surface area (Å²) >= 11 is 0. The molecule has 0 spiro atoms. The molecule has 3 rings (SSSR count). The summed E-state index contributed by atoms with van der Waals surface area (Å²) < 4.78 is 5.16. The molecule has 116 valence electrons. The second-order valence-corrected chi connectivity index (χ2v) is 6.71. The molecular formula is C18H28N2O. The van der Waals surface area contributed by atoms with Gasteiger partial charge in [-0.15, -0.1) is 0 Å². The Morgan fingerprint density at radius 1 is 1.14 bits per heavy atom. The van der Waals surface area contributed by atoms with E-state index < -0.39 is 0 Å². The maximum absolute atomic E-state index is 5.98. The van der Waals surface area contributed by atoms with Gasteiger partial charge in [0.25, 0.3) is 0 Å². The zero-order valence-corrected chi connectivity index (χ0v) is 13.1. The number of nitrogens with two attached hydrogens (primary N) is 1. The average Bonchev–Trinajstić information content (AvgIpc) is 3.39. The molecule has 3 N–H and O–H groups in total. The number of methoxy groups -OCH3 is 1. The molecule has 3 nitrogen and oxygen atoms in total. The van der Waals surface area contributed by atoms with Gasteiger partial charge >= 0.3 is 0 Å². The van der Waals surface area contributed by atoms with E-state index in [0.717, 1.165) is 24.3 Å². The van der Waals surface area contributed by atoms with Crippen LogP contribution < -0.4 is 11.1 Å². The minimum Gasteiger partial charge on any atom is -0.380 e.